The third-order valence-electron chi connectivity index (χ3n) is 8.48. The molecule has 0 aromatic heterocycles. The zero-order valence-electron chi connectivity index (χ0n) is 23.1. The third kappa shape index (κ3) is 6.02. The van der Waals surface area contributed by atoms with Crippen LogP contribution < -0.4 is 0 Å². The molecule has 7 heteroatoms. The van der Waals surface area contributed by atoms with Crippen LogP contribution in [-0.2, 0) is 14.3 Å². The molecule has 0 amide bonds. The Morgan fingerprint density at radius 2 is 1.92 bits per heavy atom. The zero-order valence-corrected chi connectivity index (χ0v) is 23.1. The number of rotatable bonds is 10. The predicted molar refractivity (Wildman–Crippen MR) is 144 cm³/mol. The maximum absolute atomic E-state index is 12.1. The van der Waals surface area contributed by atoms with Gasteiger partial charge in [-0.25, -0.2) is 0 Å². The van der Waals surface area contributed by atoms with Crippen molar-refractivity contribution in [1.82, 2.24) is 4.90 Å². The smallest absolute Gasteiger partial charge is 0.309 e. The van der Waals surface area contributed by atoms with Gasteiger partial charge >= 0.3 is 5.97 Å². The van der Waals surface area contributed by atoms with Crippen LogP contribution >= 0.6 is 0 Å². The average molecular weight is 516 g/mol. The fraction of sp³-hybridized carbons (Fsp3) is 0.633. The molecule has 1 aliphatic heterocycles. The molecule has 1 heterocycles. The Balaban J connectivity index is 2.14. The first kappa shape index (κ1) is 29.5. The number of likely N-dealkylation sites (tertiary alicyclic amines) is 1. The number of nitrogens with zero attached hydrogens (tertiary/aromatic N) is 1. The Kier molecular flexibility index (Phi) is 9.75. The number of aliphatic hydroxyl groups is 3. The van der Waals surface area contributed by atoms with Gasteiger partial charge in [-0.05, 0) is 51.5 Å². The van der Waals surface area contributed by atoms with Crippen LogP contribution in [0.2, 0.25) is 0 Å². The van der Waals surface area contributed by atoms with Crippen molar-refractivity contribution < 1.29 is 29.6 Å². The van der Waals surface area contributed by atoms with Gasteiger partial charge in [0.2, 0.25) is 0 Å². The van der Waals surface area contributed by atoms with Gasteiger partial charge in [0.15, 0.2) is 0 Å². The molecular weight excluding hydrogens is 470 g/mol. The lowest BCUT2D eigenvalue weighted by Crippen LogP contribution is -2.63. The van der Waals surface area contributed by atoms with Gasteiger partial charge in [-0.1, -0.05) is 61.1 Å². The van der Waals surface area contributed by atoms with Crippen molar-refractivity contribution in [2.45, 2.75) is 88.9 Å². The van der Waals surface area contributed by atoms with Crippen molar-refractivity contribution in [3.8, 4) is 0 Å². The second kappa shape index (κ2) is 12.2. The van der Waals surface area contributed by atoms with Crippen LogP contribution in [0, 0.1) is 11.8 Å². The fourth-order valence-corrected chi connectivity index (χ4v) is 6.60. The summed E-state index contributed by atoms with van der Waals surface area (Å²) in [6.07, 6.45) is 5.14. The zero-order chi connectivity index (χ0) is 27.4. The van der Waals surface area contributed by atoms with Gasteiger partial charge in [0.05, 0.1) is 43.0 Å². The second-order valence-corrected chi connectivity index (χ2v) is 11.2. The molecule has 1 aromatic rings. The quantitative estimate of drug-likeness (QED) is 0.322. The van der Waals surface area contributed by atoms with Crippen molar-refractivity contribution in [3.05, 3.63) is 59.7 Å². The molecule has 1 saturated carbocycles. The lowest BCUT2D eigenvalue weighted by molar-refractivity contribution is -0.171. The molecule has 7 nitrogen and oxygen atoms in total. The van der Waals surface area contributed by atoms with Gasteiger partial charge in [-0.15, -0.1) is 0 Å². The van der Waals surface area contributed by atoms with Gasteiger partial charge in [0.25, 0.3) is 0 Å². The maximum atomic E-state index is 12.1. The lowest BCUT2D eigenvalue weighted by Gasteiger charge is -2.51. The van der Waals surface area contributed by atoms with E-state index >= 15 is 0 Å². The van der Waals surface area contributed by atoms with Crippen LogP contribution in [0.1, 0.15) is 65.0 Å². The summed E-state index contributed by atoms with van der Waals surface area (Å²) in [4.78, 5) is 14.0. The van der Waals surface area contributed by atoms with Gasteiger partial charge in [-0.3, -0.25) is 9.69 Å². The predicted octanol–water partition coefficient (Wildman–Crippen LogP) is 3.79. The molecule has 3 rings (SSSR count). The molecule has 0 radical (unpaired) electrons. The minimum atomic E-state index is -1.14. The molecule has 8 atom stereocenters. The number of aliphatic hydroxyl groups excluding tert-OH is 2. The number of fused-ring (bicyclic) bond motifs is 1. The van der Waals surface area contributed by atoms with Crippen LogP contribution in [0.4, 0.5) is 0 Å². The highest BCUT2D eigenvalue weighted by Gasteiger charge is 2.67. The van der Waals surface area contributed by atoms with Crippen molar-refractivity contribution in [2.24, 2.45) is 11.8 Å². The number of ether oxygens (including phenoxy) is 2. The van der Waals surface area contributed by atoms with E-state index in [1.165, 1.54) is 7.11 Å². The Bertz CT molecular complexity index is 960. The van der Waals surface area contributed by atoms with Gasteiger partial charge in [-0.2, -0.15) is 0 Å². The lowest BCUT2D eigenvalue weighted by atomic mass is 9.64. The van der Waals surface area contributed by atoms with Crippen LogP contribution in [0.5, 0.6) is 0 Å². The van der Waals surface area contributed by atoms with Crippen molar-refractivity contribution >= 4 is 5.97 Å². The van der Waals surface area contributed by atoms with Crippen LogP contribution in [0.3, 0.4) is 0 Å². The highest BCUT2D eigenvalue weighted by Crippen LogP contribution is 2.55. The second-order valence-electron chi connectivity index (χ2n) is 11.2. The minimum absolute atomic E-state index is 0.0586. The summed E-state index contributed by atoms with van der Waals surface area (Å²) >= 11 is 0. The van der Waals surface area contributed by atoms with E-state index in [-0.39, 0.29) is 24.3 Å². The molecule has 37 heavy (non-hydrogen) atoms. The van der Waals surface area contributed by atoms with Crippen molar-refractivity contribution in [1.29, 1.82) is 0 Å². The number of methoxy groups -OCH3 is 2. The summed E-state index contributed by atoms with van der Waals surface area (Å²) in [5.74, 6) is -0.872. The monoisotopic (exact) mass is 515 g/mol. The number of hydrogen-bond donors (Lipinski definition) is 3. The van der Waals surface area contributed by atoms with Gasteiger partial charge in [0, 0.05) is 25.6 Å². The molecule has 0 spiro atoms. The van der Waals surface area contributed by atoms with E-state index in [9.17, 15) is 20.1 Å². The molecular formula is C30H45NO6. The summed E-state index contributed by atoms with van der Waals surface area (Å²) in [7, 11) is 2.94. The molecule has 3 N–H and O–H groups in total. The summed E-state index contributed by atoms with van der Waals surface area (Å²) in [5, 5.41) is 34.8. The van der Waals surface area contributed by atoms with Gasteiger partial charge in [0.1, 0.15) is 0 Å². The fourth-order valence-electron chi connectivity index (χ4n) is 6.60. The molecule has 2 aliphatic rings. The highest BCUT2D eigenvalue weighted by atomic mass is 16.5. The first-order valence-corrected chi connectivity index (χ1v) is 13.3. The molecule has 1 saturated heterocycles. The van der Waals surface area contributed by atoms with E-state index in [1.54, 1.807) is 7.11 Å². The molecule has 206 valence electrons. The Labute approximate surface area is 221 Å². The van der Waals surface area contributed by atoms with Crippen LogP contribution in [0.25, 0.3) is 0 Å². The van der Waals surface area contributed by atoms with E-state index in [1.807, 2.05) is 57.2 Å². The summed E-state index contributed by atoms with van der Waals surface area (Å²) < 4.78 is 10.6. The standard InChI is InChI=1S/C30H45NO6/c1-20(2)15-16-24(33)29(4)28-27(37-6)23(32)17-18-30(28,35)19-31(29)26(22-12-8-7-9-13-22)21(3)11-10-14-25(34)36-5/h7-13,15,21,23-24,26-28,32-33,35H,14,16-19H2,1-6H3/b11-10+/t21-,23-,24-,26+,27-,28-,29-,30+/m1/s1. The summed E-state index contributed by atoms with van der Waals surface area (Å²) in [6.45, 7) is 8.43. The number of hydrogen-bond acceptors (Lipinski definition) is 7. The molecule has 2 fully saturated rings. The Hall–Kier alpha value is -2.03. The topological polar surface area (TPSA) is 99.5 Å². The molecule has 1 aromatic carbocycles. The Morgan fingerprint density at radius 1 is 1.24 bits per heavy atom. The SMILES string of the molecule is COC(=O)C/C=C/[C@@H](C)[C@@H](c1ccccc1)N1C[C@@]2(O)CC[C@@H](O)[C@@H](OC)[C@@H]2[C@@]1(C)[C@H](O)CC=C(C)C. The normalized spacial score (nSPS) is 32.5. The number of benzene rings is 1. The van der Waals surface area contributed by atoms with Crippen LogP contribution in [0.15, 0.2) is 54.1 Å². The summed E-state index contributed by atoms with van der Waals surface area (Å²) in [6, 6.07) is 9.87. The molecule has 1 aliphatic carbocycles. The minimum Gasteiger partial charge on any atom is -0.469 e. The number of allylic oxidation sites excluding steroid dienone is 1. The first-order chi connectivity index (χ1) is 17.5. The van der Waals surface area contributed by atoms with E-state index in [2.05, 4.69) is 24.0 Å². The van der Waals surface area contributed by atoms with E-state index in [4.69, 9.17) is 9.47 Å². The number of carbonyl (C=O) groups excluding carboxylic acids is 1. The van der Waals surface area contributed by atoms with E-state index in [0.717, 1.165) is 11.1 Å². The van der Waals surface area contributed by atoms with E-state index < -0.39 is 35.4 Å². The molecule has 0 unspecified atom stereocenters. The van der Waals surface area contributed by atoms with Crippen LogP contribution in [-0.4, -0.2) is 76.4 Å². The largest absolute Gasteiger partial charge is 0.469 e. The van der Waals surface area contributed by atoms with Crippen molar-refractivity contribution in [2.75, 3.05) is 20.8 Å². The Morgan fingerprint density at radius 3 is 2.51 bits per heavy atom. The number of β-amino-alcohol motifs (C(OH)–C–C–N with tert-alkyl or cyclic N) is 1. The van der Waals surface area contributed by atoms with E-state index in [0.29, 0.717) is 25.8 Å². The van der Waals surface area contributed by atoms with Gasteiger partial charge < -0.3 is 24.8 Å². The highest BCUT2D eigenvalue weighted by molar-refractivity contribution is 5.70. The third-order valence-corrected chi connectivity index (χ3v) is 8.48. The summed E-state index contributed by atoms with van der Waals surface area (Å²) in [5.41, 5.74) is 0.111. The number of carbonyl (C=O) groups is 1. The van der Waals surface area contributed by atoms with Crippen molar-refractivity contribution in [3.63, 3.8) is 0 Å². The number of esters is 1. The first-order valence-electron chi connectivity index (χ1n) is 13.3. The molecule has 0 bridgehead atoms. The maximum Gasteiger partial charge on any atom is 0.309 e. The average Bonchev–Trinajstić information content (AvgIpc) is 3.11.